The van der Waals surface area contributed by atoms with Crippen LogP contribution in [0.3, 0.4) is 0 Å². The van der Waals surface area contributed by atoms with Gasteiger partial charge in [-0.2, -0.15) is 0 Å². The summed E-state index contributed by atoms with van der Waals surface area (Å²) >= 11 is 3.52. The smallest absolute Gasteiger partial charge is 0.0377 e. The molecule has 1 aromatic rings. The number of nitrogens with zero attached hydrogens (tertiary/aromatic N) is 1. The molecular weight excluding hydrogens is 257 g/mol. The van der Waals surface area contributed by atoms with Gasteiger partial charge in [0, 0.05) is 23.2 Å². The largest absolute Gasteiger partial charge is 0.371 e. The predicted octanol–water partition coefficient (Wildman–Crippen LogP) is 3.34. The predicted molar refractivity (Wildman–Crippen MR) is 69.0 cm³/mol. The molecule has 14 heavy (non-hydrogen) atoms. The molecule has 1 aromatic carbocycles. The summed E-state index contributed by atoms with van der Waals surface area (Å²) in [7, 11) is 1.15. The molecule has 1 unspecified atom stereocenters. The molecule has 1 fully saturated rings. The minimum Gasteiger partial charge on any atom is -0.371 e. The lowest BCUT2D eigenvalue weighted by Gasteiger charge is -2.32. The second kappa shape index (κ2) is 4.63. The summed E-state index contributed by atoms with van der Waals surface area (Å²) in [6, 6.07) is 8.60. The minimum atomic E-state index is 0.864. The third kappa shape index (κ3) is 2.49. The molecule has 0 saturated carbocycles. The van der Waals surface area contributed by atoms with Gasteiger partial charge in [-0.1, -0.05) is 28.9 Å². The maximum atomic E-state index is 3.52. The fourth-order valence-corrected chi connectivity index (χ4v) is 3.47. The molecule has 0 amide bonds. The van der Waals surface area contributed by atoms with Crippen LogP contribution in [-0.2, 0) is 0 Å². The second-order valence-electron chi connectivity index (χ2n) is 3.78. The lowest BCUT2D eigenvalue weighted by molar-refractivity contribution is 0.775. The molecule has 0 spiro atoms. The third-order valence-corrected chi connectivity index (χ3v) is 4.43. The van der Waals surface area contributed by atoms with E-state index in [1.807, 2.05) is 0 Å². The first-order valence-electron chi connectivity index (χ1n) is 4.99. The number of benzene rings is 1. The van der Waals surface area contributed by atoms with Crippen molar-refractivity contribution in [3.05, 3.63) is 28.7 Å². The molecule has 0 aromatic heterocycles. The lowest BCUT2D eigenvalue weighted by atomic mass is 10.2. The van der Waals surface area contributed by atoms with E-state index in [9.17, 15) is 0 Å². The van der Waals surface area contributed by atoms with Crippen LogP contribution < -0.4 is 4.90 Å². The first-order chi connectivity index (χ1) is 6.75. The highest BCUT2D eigenvalue weighted by molar-refractivity contribution is 9.10. The van der Waals surface area contributed by atoms with Gasteiger partial charge < -0.3 is 4.90 Å². The van der Waals surface area contributed by atoms with Crippen LogP contribution in [0.4, 0.5) is 5.69 Å². The Hall–Kier alpha value is -0.0700. The summed E-state index contributed by atoms with van der Waals surface area (Å²) in [5, 5.41) is 0. The van der Waals surface area contributed by atoms with Crippen molar-refractivity contribution in [3.8, 4) is 0 Å². The van der Waals surface area contributed by atoms with E-state index >= 15 is 0 Å². The molecule has 0 aliphatic carbocycles. The Labute approximate surface area is 95.8 Å². The maximum absolute atomic E-state index is 3.52. The van der Waals surface area contributed by atoms with Crippen molar-refractivity contribution in [1.29, 1.82) is 0 Å². The van der Waals surface area contributed by atoms with Gasteiger partial charge in [0.25, 0.3) is 0 Å². The lowest BCUT2D eigenvalue weighted by Crippen LogP contribution is -2.35. The standard InChI is InChI=1S/C11H15BrNP/c1-9-8-13(5-6-14-9)11-4-2-3-10(12)7-11/h2-4,7,9,14H,5-6,8H2,1H3/t9-/m0/s1. The summed E-state index contributed by atoms with van der Waals surface area (Å²) in [5.74, 6) is 0. The minimum absolute atomic E-state index is 0.864. The van der Waals surface area contributed by atoms with Crippen LogP contribution >= 0.6 is 24.5 Å². The highest BCUT2D eigenvalue weighted by Gasteiger charge is 2.16. The summed E-state index contributed by atoms with van der Waals surface area (Å²) in [5.41, 5.74) is 2.22. The number of rotatable bonds is 1. The van der Waals surface area contributed by atoms with Gasteiger partial charge in [-0.3, -0.25) is 0 Å². The molecule has 0 radical (unpaired) electrons. The van der Waals surface area contributed by atoms with Crippen molar-refractivity contribution in [2.24, 2.45) is 0 Å². The summed E-state index contributed by atoms with van der Waals surface area (Å²) in [6.07, 6.45) is 1.35. The molecule has 76 valence electrons. The zero-order valence-electron chi connectivity index (χ0n) is 8.33. The van der Waals surface area contributed by atoms with Gasteiger partial charge in [0.15, 0.2) is 0 Å². The van der Waals surface area contributed by atoms with E-state index < -0.39 is 0 Å². The van der Waals surface area contributed by atoms with E-state index in [2.05, 4.69) is 52.0 Å². The highest BCUT2D eigenvalue weighted by atomic mass is 79.9. The summed E-state index contributed by atoms with van der Waals surface area (Å²) < 4.78 is 1.18. The van der Waals surface area contributed by atoms with Gasteiger partial charge in [0.05, 0.1) is 0 Å². The van der Waals surface area contributed by atoms with Gasteiger partial charge in [-0.15, -0.1) is 8.58 Å². The molecule has 0 N–H and O–H groups in total. The van der Waals surface area contributed by atoms with E-state index in [1.165, 1.54) is 29.4 Å². The average molecular weight is 272 g/mol. The van der Waals surface area contributed by atoms with E-state index in [0.717, 1.165) is 14.2 Å². The quantitative estimate of drug-likeness (QED) is 0.709. The van der Waals surface area contributed by atoms with E-state index in [0.29, 0.717) is 0 Å². The number of halogens is 1. The normalized spacial score (nSPS) is 24.1. The fraction of sp³-hybridized carbons (Fsp3) is 0.455. The maximum Gasteiger partial charge on any atom is 0.0377 e. The van der Waals surface area contributed by atoms with E-state index in [4.69, 9.17) is 0 Å². The Morgan fingerprint density at radius 3 is 3.07 bits per heavy atom. The molecule has 1 heterocycles. The molecule has 1 aliphatic heterocycles. The van der Waals surface area contributed by atoms with Crippen LogP contribution in [0.25, 0.3) is 0 Å². The van der Waals surface area contributed by atoms with Crippen LogP contribution in [0, 0.1) is 0 Å². The zero-order chi connectivity index (χ0) is 9.97. The zero-order valence-corrected chi connectivity index (χ0v) is 10.9. The molecule has 3 heteroatoms. The van der Waals surface area contributed by atoms with Gasteiger partial charge >= 0.3 is 0 Å². The first-order valence-corrected chi connectivity index (χ1v) is 7.07. The fourth-order valence-electron chi connectivity index (χ4n) is 1.84. The summed E-state index contributed by atoms with van der Waals surface area (Å²) in [4.78, 5) is 2.49. The van der Waals surface area contributed by atoms with Crippen LogP contribution in [0.15, 0.2) is 28.7 Å². The van der Waals surface area contributed by atoms with Crippen molar-refractivity contribution in [2.75, 3.05) is 24.2 Å². The summed E-state index contributed by atoms with van der Waals surface area (Å²) in [6.45, 7) is 4.79. The Bertz CT molecular complexity index is 316. The monoisotopic (exact) mass is 271 g/mol. The number of hydrogen-bond donors (Lipinski definition) is 0. The number of hydrogen-bond acceptors (Lipinski definition) is 1. The first kappa shape index (κ1) is 10.4. The molecular formula is C11H15BrNP. The SMILES string of the molecule is C[C@H]1CN(c2cccc(Br)c2)CCP1. The van der Waals surface area contributed by atoms with Gasteiger partial charge in [-0.25, -0.2) is 0 Å². The molecule has 2 rings (SSSR count). The van der Waals surface area contributed by atoms with Crippen molar-refractivity contribution in [3.63, 3.8) is 0 Å². The van der Waals surface area contributed by atoms with Crippen LogP contribution in [0.1, 0.15) is 6.92 Å². The van der Waals surface area contributed by atoms with E-state index in [-0.39, 0.29) is 0 Å². The van der Waals surface area contributed by atoms with Crippen LogP contribution in [0.2, 0.25) is 0 Å². The highest BCUT2D eigenvalue weighted by Crippen LogP contribution is 2.29. The Morgan fingerprint density at radius 1 is 1.50 bits per heavy atom. The molecule has 0 bridgehead atoms. The van der Waals surface area contributed by atoms with Crippen molar-refractivity contribution in [2.45, 2.75) is 12.6 Å². The molecule has 1 saturated heterocycles. The van der Waals surface area contributed by atoms with Gasteiger partial charge in [0.1, 0.15) is 0 Å². The van der Waals surface area contributed by atoms with Gasteiger partial charge in [0.2, 0.25) is 0 Å². The molecule has 1 nitrogen and oxygen atoms in total. The molecule has 1 aliphatic rings. The van der Waals surface area contributed by atoms with Crippen LogP contribution in [0.5, 0.6) is 0 Å². The second-order valence-corrected chi connectivity index (χ2v) is 6.59. The number of anilines is 1. The Kier molecular flexibility index (Phi) is 3.46. The van der Waals surface area contributed by atoms with E-state index in [1.54, 1.807) is 0 Å². The third-order valence-electron chi connectivity index (χ3n) is 2.54. The average Bonchev–Trinajstić information content (AvgIpc) is 2.18. The Morgan fingerprint density at radius 2 is 2.36 bits per heavy atom. The topological polar surface area (TPSA) is 3.24 Å². The Balaban J connectivity index is 2.14. The van der Waals surface area contributed by atoms with Gasteiger partial charge in [-0.05, 0) is 30.0 Å². The van der Waals surface area contributed by atoms with Crippen molar-refractivity contribution >= 4 is 30.2 Å². The van der Waals surface area contributed by atoms with Crippen molar-refractivity contribution in [1.82, 2.24) is 0 Å². The van der Waals surface area contributed by atoms with Crippen molar-refractivity contribution < 1.29 is 0 Å². The van der Waals surface area contributed by atoms with Crippen LogP contribution in [-0.4, -0.2) is 24.9 Å². The molecule has 2 atom stereocenters.